The highest BCUT2D eigenvalue weighted by Crippen LogP contribution is 2.15. The van der Waals surface area contributed by atoms with Gasteiger partial charge in [0.05, 0.1) is 14.6 Å². The van der Waals surface area contributed by atoms with Crippen molar-refractivity contribution in [2.24, 2.45) is 0 Å². The van der Waals surface area contributed by atoms with Crippen LogP contribution < -0.4 is 0 Å². The summed E-state index contributed by atoms with van der Waals surface area (Å²) in [6, 6.07) is 0. The second-order valence-electron chi connectivity index (χ2n) is 2.74. The van der Waals surface area contributed by atoms with Gasteiger partial charge in [-0.3, -0.25) is 0 Å². The Hall–Kier alpha value is -0.200. The lowest BCUT2D eigenvalue weighted by Gasteiger charge is -2.34. The first-order valence-corrected chi connectivity index (χ1v) is 3.68. The monoisotopic (exact) mass is 179 g/mol. The van der Waals surface area contributed by atoms with E-state index in [0.29, 0.717) is 0 Å². The van der Waals surface area contributed by atoms with Gasteiger partial charge < -0.3 is 24.8 Å². The fraction of sp³-hybridized carbons (Fsp3) is 1.00. The van der Waals surface area contributed by atoms with E-state index in [4.69, 9.17) is 16.0 Å². The fourth-order valence-electron chi connectivity index (χ4n) is 1.07. The molecule has 1 aliphatic rings. The summed E-state index contributed by atoms with van der Waals surface area (Å²) in [6.07, 6.45) is -4.69. The van der Waals surface area contributed by atoms with Crippen molar-refractivity contribution in [1.82, 2.24) is 0 Å². The van der Waals surface area contributed by atoms with Gasteiger partial charge in [-0.05, 0) is 0 Å². The van der Waals surface area contributed by atoms with Gasteiger partial charge >= 0.3 is 0 Å². The zero-order valence-corrected chi connectivity index (χ0v) is 6.75. The van der Waals surface area contributed by atoms with E-state index < -0.39 is 31.0 Å². The van der Waals surface area contributed by atoms with Crippen molar-refractivity contribution >= 4 is 0 Å². The van der Waals surface area contributed by atoms with Crippen LogP contribution in [0.5, 0.6) is 0 Å². The Morgan fingerprint density at radius 2 is 2.17 bits per heavy atom. The molecule has 1 heterocycles. The molecule has 3 N–H and O–H groups in total. The summed E-state index contributed by atoms with van der Waals surface area (Å²) in [5, 5.41) is 27.8. The number of hydrogen-bond acceptors (Lipinski definition) is 5. The molecule has 0 aliphatic carbocycles. The van der Waals surface area contributed by atoms with Gasteiger partial charge in [-0.15, -0.1) is 0 Å². The quantitative estimate of drug-likeness (QED) is 0.462. The second-order valence-corrected chi connectivity index (χ2v) is 2.74. The van der Waals surface area contributed by atoms with Crippen LogP contribution in [0.25, 0.3) is 0 Å². The lowest BCUT2D eigenvalue weighted by atomic mass is 10.0. The van der Waals surface area contributed by atoms with Crippen LogP contribution in [0.1, 0.15) is 1.37 Å². The summed E-state index contributed by atoms with van der Waals surface area (Å²) in [6.45, 7) is -1.15. The Bertz CT molecular complexity index is 167. The average molecular weight is 179 g/mol. The minimum atomic E-state index is -1.37. The highest BCUT2D eigenvalue weighted by Gasteiger charge is 2.37. The van der Waals surface area contributed by atoms with E-state index in [1.54, 1.807) is 0 Å². The molecule has 0 aromatic carbocycles. The summed E-state index contributed by atoms with van der Waals surface area (Å²) < 4.78 is 16.8. The molecule has 72 valence electrons. The van der Waals surface area contributed by atoms with Gasteiger partial charge in [-0.2, -0.15) is 0 Å². The molecule has 5 atom stereocenters. The van der Waals surface area contributed by atoms with Crippen molar-refractivity contribution in [1.29, 1.82) is 0 Å². The van der Waals surface area contributed by atoms with Gasteiger partial charge in [0.15, 0.2) is 0 Å². The molecule has 0 spiro atoms. The van der Waals surface area contributed by atoms with Gasteiger partial charge in [0.2, 0.25) is 0 Å². The van der Waals surface area contributed by atoms with Crippen molar-refractivity contribution in [2.75, 3.05) is 20.3 Å². The van der Waals surface area contributed by atoms with Gasteiger partial charge in [0.25, 0.3) is 0 Å². The third-order valence-electron chi connectivity index (χ3n) is 1.80. The first-order chi connectivity index (χ1) is 6.07. The normalized spacial score (nSPS) is 50.3. The van der Waals surface area contributed by atoms with E-state index in [0.717, 1.165) is 0 Å². The zero-order valence-electron chi connectivity index (χ0n) is 7.75. The highest BCUT2D eigenvalue weighted by molar-refractivity contribution is 4.86. The maximum atomic E-state index is 9.36. The van der Waals surface area contributed by atoms with E-state index in [9.17, 15) is 10.2 Å². The minimum Gasteiger partial charge on any atom is -0.388 e. The van der Waals surface area contributed by atoms with Gasteiger partial charge in [-0.1, -0.05) is 0 Å². The van der Waals surface area contributed by atoms with Gasteiger partial charge in [0, 0.05) is 7.11 Å². The molecule has 0 aromatic rings. The predicted octanol–water partition coefficient (Wildman–Crippen LogP) is -1.89. The first kappa shape index (κ1) is 8.40. The Morgan fingerprint density at radius 1 is 1.50 bits per heavy atom. The van der Waals surface area contributed by atoms with Crippen molar-refractivity contribution in [3.8, 4) is 0 Å². The maximum absolute atomic E-state index is 9.36. The number of methoxy groups -OCH3 is 1. The van der Waals surface area contributed by atoms with Crippen molar-refractivity contribution in [3.63, 3.8) is 0 Å². The van der Waals surface area contributed by atoms with Crippen molar-refractivity contribution in [2.45, 2.75) is 24.4 Å². The molecule has 0 amide bonds. The SMILES string of the molecule is [2H][C@@H]1O[C@H](COC)[C@@H](O)[C@H](O)[C@H]1O. The van der Waals surface area contributed by atoms with E-state index in [1.165, 1.54) is 7.11 Å². The molecule has 1 rings (SSSR count). The smallest absolute Gasteiger partial charge is 0.111 e. The Kier molecular flexibility index (Phi) is 2.91. The average Bonchev–Trinajstić information content (AvgIpc) is 2.11. The minimum absolute atomic E-state index is 0.0837. The number of rotatable bonds is 2. The van der Waals surface area contributed by atoms with Crippen LogP contribution in [-0.2, 0) is 9.47 Å². The topological polar surface area (TPSA) is 79.2 Å². The molecule has 1 fully saturated rings. The molecule has 1 aliphatic heterocycles. The molecule has 0 saturated carbocycles. The Balaban J connectivity index is 2.59. The van der Waals surface area contributed by atoms with E-state index in [2.05, 4.69) is 0 Å². The van der Waals surface area contributed by atoms with Crippen LogP contribution in [0.4, 0.5) is 0 Å². The Morgan fingerprint density at radius 3 is 2.75 bits per heavy atom. The zero-order chi connectivity index (χ0) is 10.0. The molecule has 0 unspecified atom stereocenters. The second kappa shape index (κ2) is 4.15. The third-order valence-corrected chi connectivity index (χ3v) is 1.80. The number of aliphatic hydroxyl groups is 3. The lowest BCUT2D eigenvalue weighted by molar-refractivity contribution is -0.197. The summed E-state index contributed by atoms with van der Waals surface area (Å²) in [7, 11) is 1.42. The fourth-order valence-corrected chi connectivity index (χ4v) is 1.07. The van der Waals surface area contributed by atoms with Crippen LogP contribution in [0, 0.1) is 0 Å². The van der Waals surface area contributed by atoms with Crippen LogP contribution in [0.3, 0.4) is 0 Å². The van der Waals surface area contributed by atoms with Crippen LogP contribution in [0.2, 0.25) is 0 Å². The largest absolute Gasteiger partial charge is 0.388 e. The first-order valence-electron chi connectivity index (χ1n) is 4.26. The van der Waals surface area contributed by atoms with Crippen LogP contribution in [0.15, 0.2) is 0 Å². The van der Waals surface area contributed by atoms with E-state index in [1.807, 2.05) is 0 Å². The molecule has 5 heteroatoms. The summed E-state index contributed by atoms with van der Waals surface area (Å²) in [5.41, 5.74) is 0. The van der Waals surface area contributed by atoms with Crippen molar-refractivity contribution in [3.05, 3.63) is 0 Å². The highest BCUT2D eigenvalue weighted by atomic mass is 16.6. The maximum Gasteiger partial charge on any atom is 0.111 e. The third kappa shape index (κ3) is 1.94. The van der Waals surface area contributed by atoms with Crippen LogP contribution in [-0.4, -0.2) is 60.0 Å². The standard InChI is InChI=1S/C7H14O5/c1-11-3-5-7(10)6(9)4(8)2-12-5/h4-10H,2-3H2,1H3/t4-,5+,6+,7+/m0/s1/i2D/t2-,4-,5+,6+,7+. The Labute approximate surface area is 71.9 Å². The molecular formula is C7H14O5. The summed E-state index contributed by atoms with van der Waals surface area (Å²) >= 11 is 0. The molecule has 5 nitrogen and oxygen atoms in total. The molecular weight excluding hydrogens is 164 g/mol. The molecule has 12 heavy (non-hydrogen) atoms. The van der Waals surface area contributed by atoms with E-state index in [-0.39, 0.29) is 6.61 Å². The summed E-state index contributed by atoms with van der Waals surface area (Å²) in [5.74, 6) is 0. The number of ether oxygens (including phenoxy) is 2. The van der Waals surface area contributed by atoms with Crippen LogP contribution >= 0.6 is 0 Å². The predicted molar refractivity (Wildman–Crippen MR) is 39.6 cm³/mol. The number of hydrogen-bond donors (Lipinski definition) is 3. The van der Waals surface area contributed by atoms with Crippen molar-refractivity contribution < 1.29 is 26.2 Å². The van der Waals surface area contributed by atoms with Gasteiger partial charge in [-0.25, -0.2) is 0 Å². The molecule has 0 aromatic heterocycles. The molecule has 0 bridgehead atoms. The number of aliphatic hydroxyl groups excluding tert-OH is 3. The molecule has 1 saturated heterocycles. The van der Waals surface area contributed by atoms with Gasteiger partial charge in [0.1, 0.15) is 24.4 Å². The summed E-state index contributed by atoms with van der Waals surface area (Å²) in [4.78, 5) is 0. The lowest BCUT2D eigenvalue weighted by Crippen LogP contribution is -2.54. The molecule has 0 radical (unpaired) electrons. The van der Waals surface area contributed by atoms with E-state index >= 15 is 0 Å².